The summed E-state index contributed by atoms with van der Waals surface area (Å²) in [5.41, 5.74) is 5.38. The SMILES string of the molecule is FC(F)(F)CCNc1ncc2c(n1)CCCC=C2c1ccc2nccnc2c1. The quantitative estimate of drug-likeness (QED) is 0.714. The third-order valence-corrected chi connectivity index (χ3v) is 4.60. The highest BCUT2D eigenvalue weighted by Crippen LogP contribution is 2.31. The van der Waals surface area contributed by atoms with Crippen molar-refractivity contribution in [2.45, 2.75) is 31.9 Å². The Labute approximate surface area is 159 Å². The second-order valence-electron chi connectivity index (χ2n) is 6.62. The molecule has 0 fully saturated rings. The first-order chi connectivity index (χ1) is 13.5. The van der Waals surface area contributed by atoms with Gasteiger partial charge in [-0.2, -0.15) is 13.2 Å². The molecule has 8 heteroatoms. The van der Waals surface area contributed by atoms with Crippen LogP contribution in [0.3, 0.4) is 0 Å². The van der Waals surface area contributed by atoms with E-state index in [1.807, 2.05) is 18.2 Å². The van der Waals surface area contributed by atoms with Gasteiger partial charge in [0.05, 0.1) is 23.1 Å². The van der Waals surface area contributed by atoms with Gasteiger partial charge in [-0.1, -0.05) is 12.1 Å². The molecule has 1 aliphatic carbocycles. The fraction of sp³-hybridized carbons (Fsp3) is 0.300. The van der Waals surface area contributed by atoms with E-state index in [0.29, 0.717) is 0 Å². The number of anilines is 1. The molecule has 0 amide bonds. The van der Waals surface area contributed by atoms with Gasteiger partial charge in [0.15, 0.2) is 0 Å². The summed E-state index contributed by atoms with van der Waals surface area (Å²) >= 11 is 0. The maximum Gasteiger partial charge on any atom is 0.390 e. The average molecular weight is 385 g/mol. The van der Waals surface area contributed by atoms with Gasteiger partial charge in [-0.3, -0.25) is 9.97 Å². The zero-order valence-corrected chi connectivity index (χ0v) is 15.0. The second kappa shape index (κ2) is 7.53. The molecule has 0 atom stereocenters. The summed E-state index contributed by atoms with van der Waals surface area (Å²) < 4.78 is 37.0. The molecule has 2 aromatic heterocycles. The molecule has 0 radical (unpaired) electrons. The van der Waals surface area contributed by atoms with Gasteiger partial charge in [-0.15, -0.1) is 0 Å². The van der Waals surface area contributed by atoms with Gasteiger partial charge < -0.3 is 5.32 Å². The molecule has 3 aromatic rings. The van der Waals surface area contributed by atoms with Gasteiger partial charge in [0.1, 0.15) is 0 Å². The molecule has 4 rings (SSSR count). The van der Waals surface area contributed by atoms with Crippen LogP contribution in [0.15, 0.2) is 42.9 Å². The van der Waals surface area contributed by atoms with Crippen LogP contribution in [0.25, 0.3) is 16.6 Å². The minimum Gasteiger partial charge on any atom is -0.354 e. The highest BCUT2D eigenvalue weighted by molar-refractivity contribution is 5.86. The summed E-state index contributed by atoms with van der Waals surface area (Å²) in [6, 6.07) is 5.91. The topological polar surface area (TPSA) is 63.6 Å². The van der Waals surface area contributed by atoms with E-state index in [1.54, 1.807) is 18.6 Å². The Morgan fingerprint density at radius 3 is 2.68 bits per heavy atom. The number of alkyl halides is 3. The number of allylic oxidation sites excluding steroid dienone is 1. The molecule has 1 aromatic carbocycles. The van der Waals surface area contributed by atoms with Crippen molar-refractivity contribution < 1.29 is 13.2 Å². The lowest BCUT2D eigenvalue weighted by molar-refractivity contribution is -0.131. The van der Waals surface area contributed by atoms with Crippen LogP contribution >= 0.6 is 0 Å². The largest absolute Gasteiger partial charge is 0.390 e. The van der Waals surface area contributed by atoms with E-state index in [2.05, 4.69) is 31.3 Å². The fourth-order valence-corrected chi connectivity index (χ4v) is 3.26. The smallest absolute Gasteiger partial charge is 0.354 e. The van der Waals surface area contributed by atoms with Crippen molar-refractivity contribution in [3.05, 3.63) is 59.7 Å². The van der Waals surface area contributed by atoms with Gasteiger partial charge >= 0.3 is 6.18 Å². The summed E-state index contributed by atoms with van der Waals surface area (Å²) in [4.78, 5) is 17.4. The summed E-state index contributed by atoms with van der Waals surface area (Å²) in [7, 11) is 0. The molecule has 2 heterocycles. The Hall–Kier alpha value is -3.03. The molecule has 0 saturated heterocycles. The second-order valence-corrected chi connectivity index (χ2v) is 6.62. The lowest BCUT2D eigenvalue weighted by atomic mass is 9.97. The predicted molar refractivity (Wildman–Crippen MR) is 101 cm³/mol. The molecule has 0 unspecified atom stereocenters. The molecule has 0 saturated carbocycles. The van der Waals surface area contributed by atoms with Crippen LogP contribution < -0.4 is 5.32 Å². The maximum absolute atomic E-state index is 12.3. The highest BCUT2D eigenvalue weighted by Gasteiger charge is 2.26. The Morgan fingerprint density at radius 1 is 1.04 bits per heavy atom. The van der Waals surface area contributed by atoms with Crippen LogP contribution in [0.1, 0.15) is 36.1 Å². The molecular weight excluding hydrogens is 367 g/mol. The van der Waals surface area contributed by atoms with E-state index in [4.69, 9.17) is 0 Å². The monoisotopic (exact) mass is 385 g/mol. The number of nitrogens with zero attached hydrogens (tertiary/aromatic N) is 4. The highest BCUT2D eigenvalue weighted by atomic mass is 19.4. The molecule has 1 aliphatic rings. The van der Waals surface area contributed by atoms with Crippen LogP contribution in [0, 0.1) is 0 Å². The number of nitrogens with one attached hydrogen (secondary N) is 1. The third kappa shape index (κ3) is 4.11. The van der Waals surface area contributed by atoms with E-state index in [9.17, 15) is 13.2 Å². The Morgan fingerprint density at radius 2 is 1.86 bits per heavy atom. The average Bonchev–Trinajstić information content (AvgIpc) is 2.88. The Balaban J connectivity index is 1.63. The molecular formula is C20H18F3N5. The molecule has 0 aliphatic heterocycles. The number of rotatable bonds is 4. The van der Waals surface area contributed by atoms with E-state index in [0.717, 1.165) is 52.7 Å². The van der Waals surface area contributed by atoms with Crippen molar-refractivity contribution in [1.82, 2.24) is 19.9 Å². The van der Waals surface area contributed by atoms with Crippen LogP contribution in [0.5, 0.6) is 0 Å². The third-order valence-electron chi connectivity index (χ3n) is 4.60. The maximum atomic E-state index is 12.3. The molecule has 0 spiro atoms. The van der Waals surface area contributed by atoms with Crippen molar-refractivity contribution in [3.8, 4) is 0 Å². The molecule has 1 N–H and O–H groups in total. The lowest BCUT2D eigenvalue weighted by Gasteiger charge is -2.13. The van der Waals surface area contributed by atoms with Gasteiger partial charge in [0, 0.05) is 30.7 Å². The molecule has 144 valence electrons. The Bertz CT molecular complexity index is 1030. The summed E-state index contributed by atoms with van der Waals surface area (Å²) in [6.45, 7) is -0.242. The molecule has 0 bridgehead atoms. The van der Waals surface area contributed by atoms with Gasteiger partial charge in [-0.05, 0) is 42.5 Å². The summed E-state index contributed by atoms with van der Waals surface area (Å²) in [6.07, 6.45) is 4.60. The van der Waals surface area contributed by atoms with Crippen molar-refractivity contribution in [2.24, 2.45) is 0 Å². The number of benzene rings is 1. The van der Waals surface area contributed by atoms with Crippen molar-refractivity contribution in [3.63, 3.8) is 0 Å². The predicted octanol–water partition coefficient (Wildman–Crippen LogP) is 4.55. The van der Waals surface area contributed by atoms with E-state index >= 15 is 0 Å². The van der Waals surface area contributed by atoms with Crippen LogP contribution in [-0.2, 0) is 6.42 Å². The summed E-state index contributed by atoms with van der Waals surface area (Å²) in [5, 5.41) is 2.67. The zero-order valence-electron chi connectivity index (χ0n) is 15.0. The van der Waals surface area contributed by atoms with Crippen molar-refractivity contribution in [2.75, 3.05) is 11.9 Å². The molecule has 5 nitrogen and oxygen atoms in total. The standard InChI is InChI=1S/C20H18F3N5/c21-20(22,23)7-8-26-19-27-12-15-14(3-1-2-4-16(15)28-19)13-5-6-17-18(11-13)25-10-9-24-17/h3,5-6,9-12H,1-2,4,7-8H2,(H,26,27,28). The van der Waals surface area contributed by atoms with Gasteiger partial charge in [-0.25, -0.2) is 9.97 Å². The Kier molecular flexibility index (Phi) is 4.93. The number of fused-ring (bicyclic) bond motifs is 2. The first-order valence-electron chi connectivity index (χ1n) is 9.08. The van der Waals surface area contributed by atoms with Crippen LogP contribution in [-0.4, -0.2) is 32.7 Å². The number of hydrogen-bond acceptors (Lipinski definition) is 5. The van der Waals surface area contributed by atoms with E-state index < -0.39 is 12.6 Å². The number of aryl methyl sites for hydroxylation is 1. The van der Waals surface area contributed by atoms with Gasteiger partial charge in [0.2, 0.25) is 5.95 Å². The van der Waals surface area contributed by atoms with Crippen molar-refractivity contribution >= 4 is 22.6 Å². The number of hydrogen-bond donors (Lipinski definition) is 1. The van der Waals surface area contributed by atoms with Crippen LogP contribution in [0.2, 0.25) is 0 Å². The number of halogens is 3. The van der Waals surface area contributed by atoms with Gasteiger partial charge in [0.25, 0.3) is 0 Å². The normalized spacial score (nSPS) is 14.3. The van der Waals surface area contributed by atoms with E-state index in [1.165, 1.54) is 0 Å². The summed E-state index contributed by atoms with van der Waals surface area (Å²) in [5.74, 6) is 0.230. The lowest BCUT2D eigenvalue weighted by Crippen LogP contribution is -2.16. The van der Waals surface area contributed by atoms with E-state index in [-0.39, 0.29) is 12.5 Å². The van der Waals surface area contributed by atoms with Crippen molar-refractivity contribution in [1.29, 1.82) is 0 Å². The molecule has 28 heavy (non-hydrogen) atoms. The van der Waals surface area contributed by atoms with Crippen LogP contribution in [0.4, 0.5) is 19.1 Å². The fourth-order valence-electron chi connectivity index (χ4n) is 3.26. The zero-order chi connectivity index (χ0) is 19.6. The number of aromatic nitrogens is 4. The minimum atomic E-state index is -4.20. The first-order valence-corrected chi connectivity index (χ1v) is 9.08. The minimum absolute atomic E-state index is 0.230. The first kappa shape index (κ1) is 18.3.